The Balaban J connectivity index is 1.48. The minimum absolute atomic E-state index is 0.217. The average molecular weight is 381 g/mol. The molecule has 0 amide bonds. The second kappa shape index (κ2) is 8.65. The second-order valence-electron chi connectivity index (χ2n) is 7.32. The zero-order valence-corrected chi connectivity index (χ0v) is 16.4. The van der Waals surface area contributed by atoms with Gasteiger partial charge in [-0.25, -0.2) is 0 Å². The molecule has 0 saturated carbocycles. The van der Waals surface area contributed by atoms with Gasteiger partial charge in [-0.15, -0.1) is 0 Å². The van der Waals surface area contributed by atoms with Crippen molar-refractivity contribution in [2.45, 2.75) is 32.6 Å². The van der Waals surface area contributed by atoms with Crippen LogP contribution < -0.4 is 4.74 Å². The third-order valence-corrected chi connectivity index (χ3v) is 5.33. The summed E-state index contributed by atoms with van der Waals surface area (Å²) in [5.74, 6) is 0.642. The lowest BCUT2D eigenvalue weighted by atomic mass is 10.0. The van der Waals surface area contributed by atoms with Gasteiger partial charge < -0.3 is 18.8 Å². The summed E-state index contributed by atoms with van der Waals surface area (Å²) in [6, 6.07) is 10.1. The number of hydrogen-bond acceptors (Lipinski definition) is 5. The summed E-state index contributed by atoms with van der Waals surface area (Å²) in [6.45, 7) is 6.49. The molecule has 2 aromatic carbocycles. The summed E-state index contributed by atoms with van der Waals surface area (Å²) >= 11 is 0. The first-order chi connectivity index (χ1) is 13.7. The van der Waals surface area contributed by atoms with Crippen LogP contribution in [0.2, 0.25) is 0 Å². The van der Waals surface area contributed by atoms with Crippen molar-refractivity contribution in [1.82, 2.24) is 4.90 Å². The van der Waals surface area contributed by atoms with Crippen LogP contribution in [-0.2, 0) is 16.0 Å². The van der Waals surface area contributed by atoms with Crippen molar-refractivity contribution in [3.8, 4) is 5.75 Å². The standard InChI is InChI=1S/C23H27NO4/c1-2-26-22(25)15-18-16-28-21-9-6-17-14-19(7-8-20(17)23(18)21)27-13-5-12-24-10-3-4-11-24/h6-9,14,16H,2-5,10-13,15H2,1H3. The van der Waals surface area contributed by atoms with Crippen LogP contribution in [0.5, 0.6) is 5.75 Å². The molecule has 1 fully saturated rings. The molecule has 1 aliphatic heterocycles. The Morgan fingerprint density at radius 3 is 2.86 bits per heavy atom. The Morgan fingerprint density at radius 2 is 2.04 bits per heavy atom. The fraction of sp³-hybridized carbons (Fsp3) is 0.435. The summed E-state index contributed by atoms with van der Waals surface area (Å²) in [7, 11) is 0. The van der Waals surface area contributed by atoms with Crippen LogP contribution in [0.1, 0.15) is 31.7 Å². The summed E-state index contributed by atoms with van der Waals surface area (Å²) in [6.07, 6.45) is 5.57. The maximum atomic E-state index is 11.9. The Labute approximate surface area is 165 Å². The van der Waals surface area contributed by atoms with Crippen LogP contribution in [0.4, 0.5) is 0 Å². The molecule has 3 aromatic rings. The number of hydrogen-bond donors (Lipinski definition) is 0. The molecule has 148 valence electrons. The number of fused-ring (bicyclic) bond motifs is 3. The minimum atomic E-state index is -0.236. The summed E-state index contributed by atoms with van der Waals surface area (Å²) < 4.78 is 16.7. The van der Waals surface area contributed by atoms with Gasteiger partial charge in [0.2, 0.25) is 0 Å². The van der Waals surface area contributed by atoms with E-state index in [0.717, 1.165) is 52.6 Å². The Bertz CT molecular complexity index is 956. The monoisotopic (exact) mass is 381 g/mol. The minimum Gasteiger partial charge on any atom is -0.494 e. The molecule has 1 aromatic heterocycles. The van der Waals surface area contributed by atoms with Crippen molar-refractivity contribution in [2.24, 2.45) is 0 Å². The molecule has 0 unspecified atom stereocenters. The number of nitrogens with zero attached hydrogens (tertiary/aromatic N) is 1. The van der Waals surface area contributed by atoms with Gasteiger partial charge in [-0.2, -0.15) is 0 Å². The van der Waals surface area contributed by atoms with Crippen molar-refractivity contribution >= 4 is 27.7 Å². The number of furan rings is 1. The molecule has 4 rings (SSSR count). The molecule has 1 saturated heterocycles. The van der Waals surface area contributed by atoms with E-state index in [0.29, 0.717) is 6.61 Å². The highest BCUT2D eigenvalue weighted by molar-refractivity contribution is 6.08. The number of esters is 1. The Hall–Kier alpha value is -2.53. The first kappa shape index (κ1) is 18.8. The number of carbonyl (C=O) groups is 1. The average Bonchev–Trinajstić information content (AvgIpc) is 3.35. The highest BCUT2D eigenvalue weighted by Gasteiger charge is 2.14. The van der Waals surface area contributed by atoms with Crippen LogP contribution in [0, 0.1) is 0 Å². The van der Waals surface area contributed by atoms with Gasteiger partial charge >= 0.3 is 5.97 Å². The van der Waals surface area contributed by atoms with E-state index < -0.39 is 0 Å². The molecule has 0 radical (unpaired) electrons. The molecule has 5 nitrogen and oxygen atoms in total. The van der Waals surface area contributed by atoms with Crippen molar-refractivity contribution in [1.29, 1.82) is 0 Å². The van der Waals surface area contributed by atoms with Gasteiger partial charge in [0.25, 0.3) is 0 Å². The summed E-state index contributed by atoms with van der Waals surface area (Å²) in [5.41, 5.74) is 1.64. The van der Waals surface area contributed by atoms with Crippen molar-refractivity contribution in [2.75, 3.05) is 32.8 Å². The maximum absolute atomic E-state index is 11.9. The van der Waals surface area contributed by atoms with E-state index in [1.807, 2.05) is 25.1 Å². The van der Waals surface area contributed by atoms with E-state index in [1.54, 1.807) is 6.26 Å². The number of benzene rings is 2. The zero-order chi connectivity index (χ0) is 19.3. The molecule has 0 spiro atoms. The molecule has 0 aliphatic carbocycles. The van der Waals surface area contributed by atoms with E-state index in [2.05, 4.69) is 17.0 Å². The fourth-order valence-corrected chi connectivity index (χ4v) is 3.98. The molecule has 1 aliphatic rings. The second-order valence-corrected chi connectivity index (χ2v) is 7.32. The zero-order valence-electron chi connectivity index (χ0n) is 16.4. The SMILES string of the molecule is CCOC(=O)Cc1coc2ccc3cc(OCCCN4CCCC4)ccc3c12. The lowest BCUT2D eigenvalue weighted by Gasteiger charge is -2.14. The number of likely N-dealkylation sites (tertiary alicyclic amines) is 1. The first-order valence-electron chi connectivity index (χ1n) is 10.2. The third-order valence-electron chi connectivity index (χ3n) is 5.33. The number of ether oxygens (including phenoxy) is 2. The van der Waals surface area contributed by atoms with E-state index in [1.165, 1.54) is 25.9 Å². The smallest absolute Gasteiger partial charge is 0.310 e. The Morgan fingerprint density at radius 1 is 1.18 bits per heavy atom. The third kappa shape index (κ3) is 4.14. The van der Waals surface area contributed by atoms with Crippen molar-refractivity contribution in [3.05, 3.63) is 42.2 Å². The van der Waals surface area contributed by atoms with Gasteiger partial charge in [0.05, 0.1) is 25.9 Å². The maximum Gasteiger partial charge on any atom is 0.310 e. The molecule has 0 atom stereocenters. The van der Waals surface area contributed by atoms with Gasteiger partial charge in [-0.1, -0.05) is 6.07 Å². The lowest BCUT2D eigenvalue weighted by Crippen LogP contribution is -2.21. The fourth-order valence-electron chi connectivity index (χ4n) is 3.98. The van der Waals surface area contributed by atoms with E-state index in [-0.39, 0.29) is 12.4 Å². The van der Waals surface area contributed by atoms with E-state index >= 15 is 0 Å². The number of rotatable bonds is 8. The Kier molecular flexibility index (Phi) is 5.81. The van der Waals surface area contributed by atoms with Crippen LogP contribution in [0.25, 0.3) is 21.7 Å². The van der Waals surface area contributed by atoms with Crippen LogP contribution in [-0.4, -0.2) is 43.7 Å². The molecule has 2 heterocycles. The predicted molar refractivity (Wildman–Crippen MR) is 110 cm³/mol. The van der Waals surface area contributed by atoms with Crippen molar-refractivity contribution in [3.63, 3.8) is 0 Å². The summed E-state index contributed by atoms with van der Waals surface area (Å²) in [4.78, 5) is 14.4. The molecule has 0 bridgehead atoms. The molecular formula is C23H27NO4. The first-order valence-corrected chi connectivity index (χ1v) is 10.2. The summed E-state index contributed by atoms with van der Waals surface area (Å²) in [5, 5.41) is 3.12. The number of carbonyl (C=O) groups excluding carboxylic acids is 1. The van der Waals surface area contributed by atoms with Gasteiger partial charge in [-0.3, -0.25) is 4.79 Å². The topological polar surface area (TPSA) is 51.9 Å². The lowest BCUT2D eigenvalue weighted by molar-refractivity contribution is -0.142. The predicted octanol–water partition coefficient (Wildman–Crippen LogP) is 4.56. The molecular weight excluding hydrogens is 354 g/mol. The highest BCUT2D eigenvalue weighted by Crippen LogP contribution is 2.32. The molecule has 0 N–H and O–H groups in total. The largest absolute Gasteiger partial charge is 0.494 e. The van der Waals surface area contributed by atoms with Crippen LogP contribution in [0.15, 0.2) is 41.0 Å². The normalized spacial score (nSPS) is 14.8. The van der Waals surface area contributed by atoms with Gasteiger partial charge in [0.1, 0.15) is 11.3 Å². The van der Waals surface area contributed by atoms with Crippen LogP contribution >= 0.6 is 0 Å². The highest BCUT2D eigenvalue weighted by atomic mass is 16.5. The van der Waals surface area contributed by atoms with E-state index in [9.17, 15) is 4.79 Å². The van der Waals surface area contributed by atoms with Gasteiger partial charge in [0, 0.05) is 17.5 Å². The quantitative estimate of drug-likeness (QED) is 0.423. The molecule has 5 heteroatoms. The van der Waals surface area contributed by atoms with Gasteiger partial charge in [-0.05, 0) is 74.3 Å². The van der Waals surface area contributed by atoms with E-state index in [4.69, 9.17) is 13.9 Å². The van der Waals surface area contributed by atoms with Gasteiger partial charge in [0.15, 0.2) is 0 Å². The van der Waals surface area contributed by atoms with Crippen LogP contribution in [0.3, 0.4) is 0 Å². The molecule has 28 heavy (non-hydrogen) atoms. The van der Waals surface area contributed by atoms with Crippen molar-refractivity contribution < 1.29 is 18.7 Å².